The standard InChI is InChI=1S/C28H31N3O4/c1-30(2)18-17-29-27(32)25-23-7-5-6-8-24(23)28(33)31(20-11-15-22(35-4)16-12-20)26(25)19-9-13-21(34-3)14-10-19/h5-16,25-26H,17-18H2,1-4H3,(H,29,32). The first-order valence-corrected chi connectivity index (χ1v) is 11.6. The van der Waals surface area contributed by atoms with Crippen LogP contribution < -0.4 is 19.7 Å². The first-order chi connectivity index (χ1) is 16.9. The van der Waals surface area contributed by atoms with Crippen LogP contribution in [-0.4, -0.2) is 58.1 Å². The van der Waals surface area contributed by atoms with Crippen LogP contribution in [0.4, 0.5) is 5.69 Å². The lowest BCUT2D eigenvalue weighted by molar-refractivity contribution is -0.123. The van der Waals surface area contributed by atoms with Crippen LogP contribution in [-0.2, 0) is 4.79 Å². The molecule has 182 valence electrons. The van der Waals surface area contributed by atoms with Gasteiger partial charge in [0, 0.05) is 24.3 Å². The Morgan fingerprint density at radius 1 is 0.914 bits per heavy atom. The topological polar surface area (TPSA) is 71.1 Å². The van der Waals surface area contributed by atoms with E-state index in [4.69, 9.17) is 9.47 Å². The number of ether oxygens (including phenoxy) is 2. The van der Waals surface area contributed by atoms with Crippen molar-refractivity contribution < 1.29 is 19.1 Å². The van der Waals surface area contributed by atoms with Crippen LogP contribution in [0.1, 0.15) is 33.4 Å². The summed E-state index contributed by atoms with van der Waals surface area (Å²) < 4.78 is 10.7. The first-order valence-electron chi connectivity index (χ1n) is 11.6. The molecule has 4 rings (SSSR count). The van der Waals surface area contributed by atoms with E-state index in [2.05, 4.69) is 5.32 Å². The fourth-order valence-electron chi connectivity index (χ4n) is 4.50. The molecule has 0 saturated heterocycles. The Kier molecular flexibility index (Phi) is 7.36. The maximum atomic E-state index is 13.9. The third kappa shape index (κ3) is 5.00. The number of benzene rings is 3. The molecule has 1 aliphatic heterocycles. The molecule has 3 aromatic rings. The minimum atomic E-state index is -0.596. The fraction of sp³-hybridized carbons (Fsp3) is 0.286. The van der Waals surface area contributed by atoms with E-state index in [9.17, 15) is 9.59 Å². The number of carbonyl (C=O) groups excluding carboxylic acids is 2. The highest BCUT2D eigenvalue weighted by atomic mass is 16.5. The van der Waals surface area contributed by atoms with Crippen molar-refractivity contribution in [3.8, 4) is 11.5 Å². The molecule has 35 heavy (non-hydrogen) atoms. The van der Waals surface area contributed by atoms with Crippen molar-refractivity contribution >= 4 is 17.5 Å². The molecule has 0 radical (unpaired) electrons. The van der Waals surface area contributed by atoms with E-state index in [0.29, 0.717) is 35.8 Å². The second-order valence-corrected chi connectivity index (χ2v) is 8.75. The number of carbonyl (C=O) groups is 2. The summed E-state index contributed by atoms with van der Waals surface area (Å²) in [6, 6.07) is 21.7. The molecule has 0 spiro atoms. The molecule has 2 unspecified atom stereocenters. The van der Waals surface area contributed by atoms with Gasteiger partial charge < -0.3 is 19.7 Å². The van der Waals surface area contributed by atoms with Gasteiger partial charge in [0.1, 0.15) is 11.5 Å². The van der Waals surface area contributed by atoms with Crippen LogP contribution in [0, 0.1) is 0 Å². The van der Waals surface area contributed by atoms with Gasteiger partial charge in [-0.2, -0.15) is 0 Å². The summed E-state index contributed by atoms with van der Waals surface area (Å²) in [4.78, 5) is 31.3. The Bertz CT molecular complexity index is 1180. The van der Waals surface area contributed by atoms with Crippen LogP contribution in [0.15, 0.2) is 72.8 Å². The summed E-state index contributed by atoms with van der Waals surface area (Å²) in [5, 5.41) is 3.09. The van der Waals surface area contributed by atoms with Gasteiger partial charge in [-0.05, 0) is 67.7 Å². The molecule has 2 atom stereocenters. The minimum Gasteiger partial charge on any atom is -0.497 e. The first kappa shape index (κ1) is 24.3. The maximum Gasteiger partial charge on any atom is 0.259 e. The van der Waals surface area contributed by atoms with Crippen LogP contribution in [0.3, 0.4) is 0 Å². The molecule has 1 N–H and O–H groups in total. The fourth-order valence-corrected chi connectivity index (χ4v) is 4.50. The van der Waals surface area contributed by atoms with Crippen LogP contribution in [0.2, 0.25) is 0 Å². The van der Waals surface area contributed by atoms with E-state index in [1.165, 1.54) is 0 Å². The summed E-state index contributed by atoms with van der Waals surface area (Å²) in [7, 11) is 7.14. The number of methoxy groups -OCH3 is 2. The number of rotatable bonds is 8. The van der Waals surface area contributed by atoms with Crippen molar-refractivity contribution in [2.45, 2.75) is 12.0 Å². The summed E-state index contributed by atoms with van der Waals surface area (Å²) >= 11 is 0. The zero-order valence-corrected chi connectivity index (χ0v) is 20.5. The molecule has 7 heteroatoms. The Morgan fingerprint density at radius 2 is 1.51 bits per heavy atom. The van der Waals surface area contributed by atoms with Gasteiger partial charge >= 0.3 is 0 Å². The lowest BCUT2D eigenvalue weighted by Gasteiger charge is -2.42. The van der Waals surface area contributed by atoms with Crippen molar-refractivity contribution in [2.24, 2.45) is 0 Å². The van der Waals surface area contributed by atoms with E-state index < -0.39 is 12.0 Å². The van der Waals surface area contributed by atoms with Gasteiger partial charge in [0.2, 0.25) is 5.91 Å². The van der Waals surface area contributed by atoms with Gasteiger partial charge in [0.05, 0.1) is 26.2 Å². The maximum absolute atomic E-state index is 13.9. The van der Waals surface area contributed by atoms with E-state index in [1.807, 2.05) is 85.7 Å². The molecule has 1 heterocycles. The Balaban J connectivity index is 1.86. The highest BCUT2D eigenvalue weighted by Crippen LogP contribution is 2.45. The van der Waals surface area contributed by atoms with E-state index in [0.717, 1.165) is 11.1 Å². The smallest absolute Gasteiger partial charge is 0.259 e. The molecular formula is C28H31N3O4. The largest absolute Gasteiger partial charge is 0.497 e. The molecular weight excluding hydrogens is 442 g/mol. The van der Waals surface area contributed by atoms with E-state index in [-0.39, 0.29) is 11.8 Å². The zero-order valence-electron chi connectivity index (χ0n) is 20.5. The van der Waals surface area contributed by atoms with E-state index in [1.54, 1.807) is 25.2 Å². The monoisotopic (exact) mass is 473 g/mol. The van der Waals surface area contributed by atoms with Gasteiger partial charge in [0.25, 0.3) is 5.91 Å². The number of amides is 2. The van der Waals surface area contributed by atoms with E-state index >= 15 is 0 Å². The average molecular weight is 474 g/mol. The van der Waals surface area contributed by atoms with Gasteiger partial charge in [-0.1, -0.05) is 30.3 Å². The highest BCUT2D eigenvalue weighted by Gasteiger charge is 2.44. The van der Waals surface area contributed by atoms with Crippen molar-refractivity contribution in [3.63, 3.8) is 0 Å². The number of nitrogens with one attached hydrogen (secondary N) is 1. The predicted molar refractivity (Wildman–Crippen MR) is 136 cm³/mol. The number of hydrogen-bond donors (Lipinski definition) is 1. The Labute approximate surface area is 206 Å². The Hall–Kier alpha value is -3.84. The predicted octanol–water partition coefficient (Wildman–Crippen LogP) is 3.87. The van der Waals surface area contributed by atoms with Gasteiger partial charge in [-0.3, -0.25) is 14.5 Å². The van der Waals surface area contributed by atoms with Gasteiger partial charge in [-0.25, -0.2) is 0 Å². The summed E-state index contributed by atoms with van der Waals surface area (Å²) in [6.07, 6.45) is 0. The average Bonchev–Trinajstić information content (AvgIpc) is 2.88. The SMILES string of the molecule is COc1ccc(C2C(C(=O)NCCN(C)C)c3ccccc3C(=O)N2c2ccc(OC)cc2)cc1. The lowest BCUT2D eigenvalue weighted by Crippen LogP contribution is -2.48. The lowest BCUT2D eigenvalue weighted by atomic mass is 9.78. The summed E-state index contributed by atoms with van der Waals surface area (Å²) in [5.74, 6) is 0.536. The third-order valence-corrected chi connectivity index (χ3v) is 6.29. The zero-order chi connectivity index (χ0) is 24.9. The normalized spacial score (nSPS) is 17.2. The minimum absolute atomic E-state index is 0.119. The van der Waals surface area contributed by atoms with Crippen LogP contribution >= 0.6 is 0 Å². The van der Waals surface area contributed by atoms with Gasteiger partial charge in [-0.15, -0.1) is 0 Å². The van der Waals surface area contributed by atoms with Crippen molar-refractivity contribution in [3.05, 3.63) is 89.5 Å². The second kappa shape index (κ2) is 10.6. The molecule has 3 aromatic carbocycles. The molecule has 0 aliphatic carbocycles. The number of fused-ring (bicyclic) bond motifs is 1. The highest BCUT2D eigenvalue weighted by molar-refractivity contribution is 6.11. The van der Waals surface area contributed by atoms with Crippen molar-refractivity contribution in [1.82, 2.24) is 10.2 Å². The molecule has 0 saturated carbocycles. The molecule has 0 aromatic heterocycles. The second-order valence-electron chi connectivity index (χ2n) is 8.75. The number of nitrogens with zero attached hydrogens (tertiary/aromatic N) is 2. The van der Waals surface area contributed by atoms with Crippen molar-refractivity contribution in [2.75, 3.05) is 46.3 Å². The third-order valence-electron chi connectivity index (χ3n) is 6.29. The molecule has 7 nitrogen and oxygen atoms in total. The Morgan fingerprint density at radius 3 is 2.11 bits per heavy atom. The van der Waals surface area contributed by atoms with Crippen LogP contribution in [0.25, 0.3) is 0 Å². The van der Waals surface area contributed by atoms with Crippen LogP contribution in [0.5, 0.6) is 11.5 Å². The summed E-state index contributed by atoms with van der Waals surface area (Å²) in [6.45, 7) is 1.23. The quantitative estimate of drug-likeness (QED) is 0.538. The van der Waals surface area contributed by atoms with Crippen molar-refractivity contribution in [1.29, 1.82) is 0 Å². The molecule has 0 fully saturated rings. The van der Waals surface area contributed by atoms with Gasteiger partial charge in [0.15, 0.2) is 0 Å². The number of likely N-dealkylation sites (N-methyl/N-ethyl adjacent to an activating group) is 1. The molecule has 2 amide bonds. The molecule has 1 aliphatic rings. The summed E-state index contributed by atoms with van der Waals surface area (Å²) in [5.41, 5.74) is 2.79. The number of hydrogen-bond acceptors (Lipinski definition) is 5. The molecule has 0 bridgehead atoms. The number of anilines is 1.